The van der Waals surface area contributed by atoms with Gasteiger partial charge in [0.25, 0.3) is 0 Å². The summed E-state index contributed by atoms with van der Waals surface area (Å²) in [5, 5.41) is 9.15. The molecule has 2 aromatic rings. The van der Waals surface area contributed by atoms with Crippen molar-refractivity contribution < 1.29 is 29.2 Å². The van der Waals surface area contributed by atoms with Gasteiger partial charge in [-0.25, -0.2) is 19.4 Å². The number of aliphatic carboxylic acids is 1. The van der Waals surface area contributed by atoms with Crippen LogP contribution in [0.5, 0.6) is 0 Å². The summed E-state index contributed by atoms with van der Waals surface area (Å²) < 4.78 is 5.67. The van der Waals surface area contributed by atoms with Gasteiger partial charge in [-0.15, -0.1) is 0 Å². The summed E-state index contributed by atoms with van der Waals surface area (Å²) in [6.07, 6.45) is 0.126. The Morgan fingerprint density at radius 3 is 2.27 bits per heavy atom. The highest BCUT2D eigenvalue weighted by atomic mass is 17.2. The smallest absolute Gasteiger partial charge is 0.411 e. The quantitative estimate of drug-likeness (QED) is 0.567. The van der Waals surface area contributed by atoms with Gasteiger partial charge in [-0.2, -0.15) is 0 Å². The van der Waals surface area contributed by atoms with E-state index in [4.69, 9.17) is 19.6 Å². The first-order valence-corrected chi connectivity index (χ1v) is 10.1. The SMILES string of the molecule is CC(C)(OO[C@@H]1CCCN1C(=O)OCC1c2ccccc2-c2ccccc21)C(=O)O. The summed E-state index contributed by atoms with van der Waals surface area (Å²) in [5.74, 6) is -1.17. The molecular weight excluding hydrogens is 386 g/mol. The van der Waals surface area contributed by atoms with Crippen molar-refractivity contribution in [2.24, 2.45) is 0 Å². The van der Waals surface area contributed by atoms with E-state index in [0.717, 1.165) is 17.5 Å². The average Bonchev–Trinajstić information content (AvgIpc) is 3.33. The fourth-order valence-corrected chi connectivity index (χ4v) is 3.93. The number of amides is 1. The molecule has 2 aromatic carbocycles. The first kappa shape index (κ1) is 20.4. The molecule has 0 saturated carbocycles. The third kappa shape index (κ3) is 3.78. The second-order valence-corrected chi connectivity index (χ2v) is 8.09. The normalized spacial score (nSPS) is 18.2. The van der Waals surface area contributed by atoms with E-state index >= 15 is 0 Å². The molecule has 7 nitrogen and oxygen atoms in total. The van der Waals surface area contributed by atoms with Crippen LogP contribution >= 0.6 is 0 Å². The van der Waals surface area contributed by atoms with E-state index < -0.39 is 23.9 Å². The Morgan fingerprint density at radius 1 is 1.07 bits per heavy atom. The van der Waals surface area contributed by atoms with Crippen LogP contribution in [0.3, 0.4) is 0 Å². The molecule has 1 heterocycles. The molecule has 0 aromatic heterocycles. The van der Waals surface area contributed by atoms with Crippen molar-refractivity contribution >= 4 is 12.1 Å². The number of ether oxygens (including phenoxy) is 1. The van der Waals surface area contributed by atoms with Crippen molar-refractivity contribution in [3.63, 3.8) is 0 Å². The van der Waals surface area contributed by atoms with Gasteiger partial charge >= 0.3 is 12.1 Å². The van der Waals surface area contributed by atoms with Gasteiger partial charge in [0, 0.05) is 12.5 Å². The third-order valence-corrected chi connectivity index (χ3v) is 5.65. The Morgan fingerprint density at radius 2 is 1.67 bits per heavy atom. The van der Waals surface area contributed by atoms with Crippen molar-refractivity contribution in [1.82, 2.24) is 4.90 Å². The zero-order valence-electron chi connectivity index (χ0n) is 17.0. The Labute approximate surface area is 175 Å². The highest BCUT2D eigenvalue weighted by molar-refractivity contribution is 5.79. The minimum Gasteiger partial charge on any atom is -0.479 e. The lowest BCUT2D eigenvalue weighted by atomic mass is 9.98. The molecule has 1 N–H and O–H groups in total. The maximum absolute atomic E-state index is 12.7. The topological polar surface area (TPSA) is 85.3 Å². The molecule has 1 saturated heterocycles. The van der Waals surface area contributed by atoms with Gasteiger partial charge < -0.3 is 9.84 Å². The van der Waals surface area contributed by atoms with E-state index in [0.29, 0.717) is 13.0 Å². The monoisotopic (exact) mass is 411 g/mol. The number of carboxylic acid groups (broad SMARTS) is 1. The molecule has 1 fully saturated rings. The van der Waals surface area contributed by atoms with E-state index in [1.807, 2.05) is 24.3 Å². The van der Waals surface area contributed by atoms with Gasteiger partial charge in [-0.05, 0) is 48.9 Å². The van der Waals surface area contributed by atoms with Crippen LogP contribution in [0.1, 0.15) is 43.7 Å². The molecule has 0 radical (unpaired) electrons. The maximum atomic E-state index is 12.7. The lowest BCUT2D eigenvalue weighted by Gasteiger charge is -2.27. The van der Waals surface area contributed by atoms with Crippen LogP contribution in [-0.4, -0.2) is 47.0 Å². The Balaban J connectivity index is 1.42. The Kier molecular flexibility index (Phi) is 5.49. The zero-order chi connectivity index (χ0) is 21.3. The number of benzene rings is 2. The number of carboxylic acids is 1. The van der Waals surface area contributed by atoms with E-state index in [2.05, 4.69) is 24.3 Å². The summed E-state index contributed by atoms with van der Waals surface area (Å²) in [6.45, 7) is 3.47. The molecule has 0 spiro atoms. The fourth-order valence-electron chi connectivity index (χ4n) is 3.93. The van der Waals surface area contributed by atoms with Crippen LogP contribution in [0.15, 0.2) is 48.5 Å². The minimum absolute atomic E-state index is 0.0227. The van der Waals surface area contributed by atoms with E-state index in [9.17, 15) is 9.59 Å². The summed E-state index contributed by atoms with van der Waals surface area (Å²) >= 11 is 0. The predicted octanol–water partition coefficient (Wildman–Crippen LogP) is 4.17. The lowest BCUT2D eigenvalue weighted by Crippen LogP contribution is -2.42. The van der Waals surface area contributed by atoms with Crippen LogP contribution in [0, 0.1) is 0 Å². The van der Waals surface area contributed by atoms with Gasteiger partial charge in [0.15, 0.2) is 11.8 Å². The molecule has 2 aliphatic rings. The molecule has 1 aliphatic carbocycles. The van der Waals surface area contributed by atoms with Gasteiger partial charge in [0.1, 0.15) is 6.61 Å². The van der Waals surface area contributed by atoms with E-state index in [-0.39, 0.29) is 12.5 Å². The van der Waals surface area contributed by atoms with Gasteiger partial charge in [0.2, 0.25) is 0 Å². The van der Waals surface area contributed by atoms with Crippen LogP contribution in [-0.2, 0) is 19.3 Å². The van der Waals surface area contributed by atoms with Crippen molar-refractivity contribution in [3.05, 3.63) is 59.7 Å². The molecule has 1 aliphatic heterocycles. The number of hydrogen-bond donors (Lipinski definition) is 1. The second kappa shape index (κ2) is 8.08. The minimum atomic E-state index is -1.50. The van der Waals surface area contributed by atoms with E-state index in [1.54, 1.807) is 0 Å². The highest BCUT2D eigenvalue weighted by Crippen LogP contribution is 2.44. The van der Waals surface area contributed by atoms with Crippen molar-refractivity contribution in [2.75, 3.05) is 13.2 Å². The number of carbonyl (C=O) groups excluding carboxylic acids is 1. The molecule has 1 amide bonds. The van der Waals surface area contributed by atoms with Crippen LogP contribution in [0.2, 0.25) is 0 Å². The van der Waals surface area contributed by atoms with Gasteiger partial charge in [0.05, 0.1) is 0 Å². The van der Waals surface area contributed by atoms with Crippen molar-refractivity contribution in [2.45, 2.75) is 44.4 Å². The number of nitrogens with zero attached hydrogens (tertiary/aromatic N) is 1. The molecule has 0 unspecified atom stereocenters. The van der Waals surface area contributed by atoms with Gasteiger partial charge in [-0.3, -0.25) is 4.90 Å². The van der Waals surface area contributed by atoms with E-state index in [1.165, 1.54) is 29.9 Å². The van der Waals surface area contributed by atoms with Crippen LogP contribution in [0.4, 0.5) is 4.79 Å². The van der Waals surface area contributed by atoms with Crippen LogP contribution < -0.4 is 0 Å². The third-order valence-electron chi connectivity index (χ3n) is 5.65. The fraction of sp³-hybridized carbons (Fsp3) is 0.391. The molecule has 30 heavy (non-hydrogen) atoms. The molecule has 1 atom stereocenters. The van der Waals surface area contributed by atoms with Crippen molar-refractivity contribution in [1.29, 1.82) is 0 Å². The number of likely N-dealkylation sites (tertiary alicyclic amines) is 1. The summed E-state index contributed by atoms with van der Waals surface area (Å²) in [6, 6.07) is 16.3. The number of rotatable bonds is 6. The Hall–Kier alpha value is -2.90. The second-order valence-electron chi connectivity index (χ2n) is 8.09. The summed E-state index contributed by atoms with van der Waals surface area (Å²) in [4.78, 5) is 35.7. The number of fused-ring (bicyclic) bond motifs is 3. The first-order chi connectivity index (χ1) is 14.4. The molecule has 0 bridgehead atoms. The number of carbonyl (C=O) groups is 2. The summed E-state index contributed by atoms with van der Waals surface area (Å²) in [7, 11) is 0. The molecular formula is C23H25NO6. The Bertz CT molecular complexity index is 911. The maximum Gasteiger partial charge on any atom is 0.411 e. The lowest BCUT2D eigenvalue weighted by molar-refractivity contribution is -0.383. The average molecular weight is 411 g/mol. The largest absolute Gasteiger partial charge is 0.479 e. The van der Waals surface area contributed by atoms with Crippen LogP contribution in [0.25, 0.3) is 11.1 Å². The summed E-state index contributed by atoms with van der Waals surface area (Å²) in [5.41, 5.74) is 3.12. The zero-order valence-corrected chi connectivity index (χ0v) is 17.0. The first-order valence-electron chi connectivity index (χ1n) is 10.1. The molecule has 7 heteroatoms. The highest BCUT2D eigenvalue weighted by Gasteiger charge is 2.37. The predicted molar refractivity (Wildman–Crippen MR) is 109 cm³/mol. The molecule has 158 valence electrons. The van der Waals surface area contributed by atoms with Crippen molar-refractivity contribution in [3.8, 4) is 11.1 Å². The molecule has 4 rings (SSSR count). The number of hydrogen-bond acceptors (Lipinski definition) is 5. The van der Waals surface area contributed by atoms with Gasteiger partial charge in [-0.1, -0.05) is 48.5 Å². The standard InChI is InChI=1S/C23H25NO6/c1-23(2,21(25)26)30-29-20-12-7-13-24(20)22(27)28-14-19-17-10-5-3-8-15(17)16-9-4-6-11-18(16)19/h3-6,8-11,19-20H,7,12-14H2,1-2H3,(H,25,26)/t20-/m1/s1.